The van der Waals surface area contributed by atoms with Crippen LogP contribution in [0.2, 0.25) is 0 Å². The molecule has 6 nitrogen and oxygen atoms in total. The van der Waals surface area contributed by atoms with Crippen molar-refractivity contribution < 1.29 is 21.6 Å². The van der Waals surface area contributed by atoms with Crippen LogP contribution in [0, 0.1) is 20.8 Å². The number of imidazole rings is 1. The average molecular weight is 426 g/mol. The maximum Gasteiger partial charge on any atom is 0.449 e. The normalized spacial score (nSPS) is 12.6. The van der Waals surface area contributed by atoms with E-state index in [2.05, 4.69) is 14.7 Å². The Bertz CT molecular complexity index is 1130. The largest absolute Gasteiger partial charge is 0.449 e. The molecular weight excluding hydrogens is 405 g/mol. The highest BCUT2D eigenvalue weighted by atomic mass is 32.2. The van der Waals surface area contributed by atoms with E-state index in [1.807, 2.05) is 6.92 Å². The van der Waals surface area contributed by atoms with Crippen LogP contribution in [0.25, 0.3) is 11.2 Å². The summed E-state index contributed by atoms with van der Waals surface area (Å²) in [4.78, 5) is 7.81. The first-order valence-electron chi connectivity index (χ1n) is 8.96. The molecule has 10 heteroatoms. The number of benzene rings is 1. The Morgan fingerprint density at radius 2 is 1.79 bits per heavy atom. The lowest BCUT2D eigenvalue weighted by atomic mass is 10.1. The van der Waals surface area contributed by atoms with E-state index in [0.29, 0.717) is 11.1 Å². The molecule has 0 bridgehead atoms. The zero-order valence-corrected chi connectivity index (χ0v) is 17.0. The number of rotatable bonds is 6. The Hall–Kier alpha value is -2.46. The number of pyridine rings is 1. The van der Waals surface area contributed by atoms with E-state index in [9.17, 15) is 21.6 Å². The number of nitrogens with one attached hydrogen (secondary N) is 1. The Morgan fingerprint density at radius 3 is 2.41 bits per heavy atom. The van der Waals surface area contributed by atoms with Gasteiger partial charge in [-0.05, 0) is 50.5 Å². The second-order valence-electron chi connectivity index (χ2n) is 6.91. The topological polar surface area (TPSA) is 76.9 Å². The lowest BCUT2D eigenvalue weighted by molar-refractivity contribution is -0.147. The predicted octanol–water partition coefficient (Wildman–Crippen LogP) is 3.74. The third-order valence-electron chi connectivity index (χ3n) is 4.48. The molecule has 0 unspecified atom stereocenters. The van der Waals surface area contributed by atoms with Crippen molar-refractivity contribution in [3.05, 3.63) is 53.0 Å². The van der Waals surface area contributed by atoms with Crippen molar-refractivity contribution in [1.82, 2.24) is 19.3 Å². The first-order chi connectivity index (χ1) is 13.5. The summed E-state index contributed by atoms with van der Waals surface area (Å²) >= 11 is 0. The van der Waals surface area contributed by atoms with Crippen molar-refractivity contribution in [3.8, 4) is 0 Å². The summed E-state index contributed by atoms with van der Waals surface area (Å²) in [6.07, 6.45) is -3.09. The molecule has 3 aromatic rings. The van der Waals surface area contributed by atoms with Gasteiger partial charge in [0.25, 0.3) is 0 Å². The highest BCUT2D eigenvalue weighted by molar-refractivity contribution is 7.89. The van der Waals surface area contributed by atoms with Gasteiger partial charge in [0.05, 0.1) is 4.90 Å². The molecule has 1 aromatic carbocycles. The molecule has 0 aliphatic rings. The minimum atomic E-state index is -4.63. The second-order valence-corrected chi connectivity index (χ2v) is 8.61. The van der Waals surface area contributed by atoms with Crippen molar-refractivity contribution in [2.45, 2.75) is 44.8 Å². The summed E-state index contributed by atoms with van der Waals surface area (Å²) in [7, 11) is -3.77. The van der Waals surface area contributed by atoms with Gasteiger partial charge in [-0.25, -0.2) is 23.1 Å². The summed E-state index contributed by atoms with van der Waals surface area (Å²) in [5.41, 5.74) is 2.47. The van der Waals surface area contributed by atoms with Gasteiger partial charge in [-0.15, -0.1) is 0 Å². The van der Waals surface area contributed by atoms with E-state index >= 15 is 0 Å². The predicted molar refractivity (Wildman–Crippen MR) is 103 cm³/mol. The highest BCUT2D eigenvalue weighted by Crippen LogP contribution is 2.31. The number of aromatic nitrogens is 3. The molecule has 2 aromatic heterocycles. The van der Waals surface area contributed by atoms with Gasteiger partial charge in [0.1, 0.15) is 5.52 Å². The van der Waals surface area contributed by atoms with Crippen LogP contribution >= 0.6 is 0 Å². The molecule has 0 atom stereocenters. The van der Waals surface area contributed by atoms with Crippen LogP contribution in [0.1, 0.15) is 28.9 Å². The van der Waals surface area contributed by atoms with Crippen molar-refractivity contribution in [1.29, 1.82) is 0 Å². The number of fused-ring (bicyclic) bond motifs is 1. The first kappa shape index (κ1) is 21.3. The Balaban J connectivity index is 1.76. The minimum absolute atomic E-state index is 0.0150. The standard InChI is InChI=1S/C19H21F3N4O2S/c1-12-10-13(2)16(14(3)11-12)29(27,28)24-8-5-9-26-17-15(6-4-7-23-17)25-18(26)19(20,21)22/h4,6-7,10-11,24H,5,8-9H2,1-3H3. The average Bonchev–Trinajstić information content (AvgIpc) is 2.96. The Kier molecular flexibility index (Phi) is 5.68. The maximum absolute atomic E-state index is 13.3. The van der Waals surface area contributed by atoms with Crippen LogP contribution in [0.5, 0.6) is 0 Å². The molecule has 2 heterocycles. The maximum atomic E-state index is 13.3. The van der Waals surface area contributed by atoms with Crippen molar-refractivity contribution in [3.63, 3.8) is 0 Å². The molecule has 0 fully saturated rings. The molecule has 1 N–H and O–H groups in total. The summed E-state index contributed by atoms with van der Waals surface area (Å²) in [5, 5.41) is 0. The fraction of sp³-hybridized carbons (Fsp3) is 0.368. The Morgan fingerprint density at radius 1 is 1.14 bits per heavy atom. The van der Waals surface area contributed by atoms with Crippen LogP contribution in [0.3, 0.4) is 0 Å². The van der Waals surface area contributed by atoms with Crippen LogP contribution in [0.4, 0.5) is 13.2 Å². The van der Waals surface area contributed by atoms with Crippen molar-refractivity contribution in [2.75, 3.05) is 6.54 Å². The van der Waals surface area contributed by atoms with Crippen molar-refractivity contribution >= 4 is 21.2 Å². The molecule has 156 valence electrons. The minimum Gasteiger partial charge on any atom is -0.305 e. The van der Waals surface area contributed by atoms with Crippen molar-refractivity contribution in [2.24, 2.45) is 0 Å². The highest BCUT2D eigenvalue weighted by Gasteiger charge is 2.37. The van der Waals surface area contributed by atoms with Gasteiger partial charge in [-0.1, -0.05) is 17.7 Å². The van der Waals surface area contributed by atoms with E-state index < -0.39 is 22.0 Å². The number of sulfonamides is 1. The number of alkyl halides is 3. The van der Waals surface area contributed by atoms with Gasteiger partial charge in [-0.3, -0.25) is 0 Å². The van der Waals surface area contributed by atoms with E-state index in [1.54, 1.807) is 26.0 Å². The second kappa shape index (κ2) is 7.75. The Labute approximate surface area is 166 Å². The lowest BCUT2D eigenvalue weighted by Crippen LogP contribution is -2.27. The lowest BCUT2D eigenvalue weighted by Gasteiger charge is -2.14. The fourth-order valence-corrected chi connectivity index (χ4v) is 5.02. The fourth-order valence-electron chi connectivity index (χ4n) is 3.49. The quantitative estimate of drug-likeness (QED) is 0.609. The molecule has 0 amide bonds. The number of nitrogens with zero attached hydrogens (tertiary/aromatic N) is 3. The number of hydrogen-bond donors (Lipinski definition) is 1. The van der Waals surface area contributed by atoms with Crippen LogP contribution < -0.4 is 4.72 Å². The first-order valence-corrected chi connectivity index (χ1v) is 10.4. The molecule has 0 aliphatic heterocycles. The smallest absolute Gasteiger partial charge is 0.305 e. The number of halogens is 3. The third kappa shape index (κ3) is 4.43. The van der Waals surface area contributed by atoms with Gasteiger partial charge >= 0.3 is 6.18 Å². The molecule has 0 saturated heterocycles. The molecular formula is C19H21F3N4O2S. The van der Waals surface area contributed by atoms with Gasteiger partial charge in [0, 0.05) is 19.3 Å². The number of aryl methyl sites for hydroxylation is 4. The summed E-state index contributed by atoms with van der Waals surface area (Å²) in [6.45, 7) is 5.22. The SMILES string of the molecule is Cc1cc(C)c(S(=O)(=O)NCCCn2c(C(F)(F)F)nc3cccnc32)c(C)c1. The molecule has 3 rings (SSSR count). The zero-order valence-electron chi connectivity index (χ0n) is 16.2. The molecule has 0 aliphatic carbocycles. The summed E-state index contributed by atoms with van der Waals surface area (Å²) in [5.74, 6) is -1.04. The van der Waals surface area contributed by atoms with Crippen LogP contribution in [-0.2, 0) is 22.7 Å². The molecule has 29 heavy (non-hydrogen) atoms. The van der Waals surface area contributed by atoms with E-state index in [1.165, 1.54) is 18.3 Å². The van der Waals surface area contributed by atoms with Gasteiger partial charge in [0.2, 0.25) is 15.8 Å². The molecule has 0 spiro atoms. The molecule has 0 radical (unpaired) electrons. The third-order valence-corrected chi connectivity index (χ3v) is 6.25. The summed E-state index contributed by atoms with van der Waals surface area (Å²) < 4.78 is 68.7. The van der Waals surface area contributed by atoms with Gasteiger partial charge < -0.3 is 4.57 Å². The van der Waals surface area contributed by atoms with E-state index in [-0.39, 0.29) is 35.6 Å². The van der Waals surface area contributed by atoms with Crippen LogP contribution in [-0.4, -0.2) is 29.5 Å². The van der Waals surface area contributed by atoms with Gasteiger partial charge in [0.15, 0.2) is 5.65 Å². The van der Waals surface area contributed by atoms with E-state index in [0.717, 1.165) is 10.1 Å². The monoisotopic (exact) mass is 426 g/mol. The van der Waals surface area contributed by atoms with E-state index in [4.69, 9.17) is 0 Å². The molecule has 0 saturated carbocycles. The van der Waals surface area contributed by atoms with Gasteiger partial charge in [-0.2, -0.15) is 13.2 Å². The summed E-state index contributed by atoms with van der Waals surface area (Å²) in [6, 6.07) is 6.53. The van der Waals surface area contributed by atoms with Crippen LogP contribution in [0.15, 0.2) is 35.4 Å². The zero-order chi connectivity index (χ0) is 21.4. The number of hydrogen-bond acceptors (Lipinski definition) is 4.